The van der Waals surface area contributed by atoms with Gasteiger partial charge in [-0.3, -0.25) is 0 Å². The number of amides is 1. The molecule has 5 N–H and O–H groups in total. The van der Waals surface area contributed by atoms with Gasteiger partial charge in [-0.15, -0.1) is 0 Å². The molecule has 2 atom stereocenters. The van der Waals surface area contributed by atoms with Crippen LogP contribution in [0.4, 0.5) is 4.79 Å². The molecule has 0 rings (SSSR count). The fourth-order valence-electron chi connectivity index (χ4n) is 0.404. The van der Waals surface area contributed by atoms with Crippen molar-refractivity contribution in [1.82, 2.24) is 3.53 Å². The van der Waals surface area contributed by atoms with Gasteiger partial charge in [0.1, 0.15) is 0 Å². The molecule has 0 aromatic carbocycles. The first-order valence-electron chi connectivity index (χ1n) is 3.70. The minimum absolute atomic E-state index is 0.300. The molecule has 0 bridgehead atoms. The molecule has 13 heavy (non-hydrogen) atoms. The zero-order chi connectivity index (χ0) is 10.3. The topological polar surface area (TPSA) is 99.6 Å². The molecule has 0 aliphatic rings. The molecule has 0 saturated heterocycles. The zero-order valence-corrected chi connectivity index (χ0v) is 9.78. The van der Waals surface area contributed by atoms with Crippen LogP contribution < -0.4 is 36.5 Å². The van der Waals surface area contributed by atoms with E-state index in [1.165, 1.54) is 0 Å². The third-order valence-corrected chi connectivity index (χ3v) is 2.31. The second-order valence-electron chi connectivity index (χ2n) is 2.32. The number of carbonyl (C=O) groups is 1. The number of nitrogens with one attached hydrogen (secondary N) is 1. The van der Waals surface area contributed by atoms with Crippen LogP contribution in [-0.4, -0.2) is 23.2 Å². The van der Waals surface area contributed by atoms with Crippen LogP contribution in [0.3, 0.4) is 0 Å². The number of carbonyl (C=O) groups excluding carboxylic acids is 1. The number of ether oxygens (including phenoxy) is 2. The van der Waals surface area contributed by atoms with Gasteiger partial charge in [0.15, 0.2) is 0 Å². The van der Waals surface area contributed by atoms with Gasteiger partial charge < -0.3 is 0 Å². The van der Waals surface area contributed by atoms with Crippen molar-refractivity contribution in [1.29, 1.82) is 0 Å². The first-order valence-corrected chi connectivity index (χ1v) is 6.30. The van der Waals surface area contributed by atoms with E-state index in [4.69, 9.17) is 16.2 Å². The molecule has 0 radical (unpaired) electrons. The van der Waals surface area contributed by atoms with Crippen molar-refractivity contribution >= 4 is 6.09 Å². The van der Waals surface area contributed by atoms with E-state index in [1.54, 1.807) is 13.8 Å². The molecule has 0 fully saturated rings. The summed E-state index contributed by atoms with van der Waals surface area (Å²) < 4.78 is 12.7. The van der Waals surface area contributed by atoms with Crippen molar-refractivity contribution in [3.63, 3.8) is 0 Å². The number of halogens is 1. The number of hydrogen-bond acceptors (Lipinski definition) is 5. The second kappa shape index (κ2) is 7.30. The van der Waals surface area contributed by atoms with E-state index in [1.807, 2.05) is 0 Å². The Hall–Kier alpha value is -0.120. The first kappa shape index (κ1) is 12.9. The molecule has 0 aliphatic carbocycles. The van der Waals surface area contributed by atoms with Crippen LogP contribution in [0.25, 0.3) is 0 Å². The van der Waals surface area contributed by atoms with Gasteiger partial charge in [-0.1, -0.05) is 0 Å². The van der Waals surface area contributed by atoms with Crippen molar-refractivity contribution in [3.8, 4) is 0 Å². The Morgan fingerprint density at radius 1 is 1.46 bits per heavy atom. The Balaban J connectivity index is 3.27. The standard InChI is InChI=1S/C6H15IN3O3/c1-4(8)12-3-7-10-6(11)13-5(2)9/h4-5H,3,8-9H2,1-2H3,(H,10,11)/q-1/t4-,5?/m0/s1. The average molecular weight is 304 g/mol. The number of alkyl halides is 1. The monoisotopic (exact) mass is 304 g/mol. The van der Waals surface area contributed by atoms with Crippen molar-refractivity contribution in [3.05, 3.63) is 0 Å². The fourth-order valence-corrected chi connectivity index (χ4v) is 1.75. The van der Waals surface area contributed by atoms with Crippen LogP contribution in [0.5, 0.6) is 0 Å². The predicted octanol–water partition coefficient (Wildman–Crippen LogP) is -3.70. The van der Waals surface area contributed by atoms with Crippen molar-refractivity contribution < 1.29 is 35.7 Å². The molecule has 0 saturated carbocycles. The van der Waals surface area contributed by atoms with E-state index in [9.17, 15) is 4.79 Å². The third-order valence-electron chi connectivity index (χ3n) is 0.817. The summed E-state index contributed by atoms with van der Waals surface area (Å²) in [6.07, 6.45) is -1.39. The number of rotatable bonds is 5. The van der Waals surface area contributed by atoms with E-state index in [2.05, 4.69) is 8.27 Å². The van der Waals surface area contributed by atoms with Gasteiger partial charge >= 0.3 is 87.8 Å². The molecule has 1 unspecified atom stereocenters. The van der Waals surface area contributed by atoms with Gasteiger partial charge in [0, 0.05) is 0 Å². The maximum absolute atomic E-state index is 10.8. The third kappa shape index (κ3) is 9.80. The van der Waals surface area contributed by atoms with Gasteiger partial charge in [0.2, 0.25) is 0 Å². The molecular formula is C6H15IN3O3-. The quantitative estimate of drug-likeness (QED) is 0.160. The Bertz CT molecular complexity index is 154. The summed E-state index contributed by atoms with van der Waals surface area (Å²) in [6, 6.07) is 0. The Morgan fingerprint density at radius 2 is 2.08 bits per heavy atom. The van der Waals surface area contributed by atoms with Gasteiger partial charge in [-0.05, 0) is 0 Å². The zero-order valence-electron chi connectivity index (χ0n) is 7.62. The Kier molecular flexibility index (Phi) is 7.23. The predicted molar refractivity (Wildman–Crippen MR) is 42.9 cm³/mol. The summed E-state index contributed by atoms with van der Waals surface area (Å²) >= 11 is -0.563. The van der Waals surface area contributed by atoms with Crippen LogP contribution >= 0.6 is 0 Å². The van der Waals surface area contributed by atoms with Crippen LogP contribution in [0.15, 0.2) is 0 Å². The fraction of sp³-hybridized carbons (Fsp3) is 0.833. The summed E-state index contributed by atoms with van der Waals surface area (Å²) in [5.41, 5.74) is 10.5. The van der Waals surface area contributed by atoms with Crippen molar-refractivity contribution in [2.24, 2.45) is 11.5 Å². The van der Waals surface area contributed by atoms with Crippen LogP contribution in [0, 0.1) is 0 Å². The molecule has 80 valence electrons. The summed E-state index contributed by atoms with van der Waals surface area (Å²) in [5.74, 6) is 0. The summed E-state index contributed by atoms with van der Waals surface area (Å²) in [7, 11) is 0. The van der Waals surface area contributed by atoms with Crippen molar-refractivity contribution in [2.75, 3.05) is 4.61 Å². The Morgan fingerprint density at radius 3 is 2.54 bits per heavy atom. The number of nitrogens with two attached hydrogens (primary N) is 2. The molecule has 0 spiro atoms. The minimum atomic E-state index is -0.585. The molecule has 7 heteroatoms. The van der Waals surface area contributed by atoms with E-state index >= 15 is 0 Å². The Labute approximate surface area is 87.9 Å². The van der Waals surface area contributed by atoms with Gasteiger partial charge in [0.05, 0.1) is 0 Å². The van der Waals surface area contributed by atoms with E-state index in [0.717, 1.165) is 0 Å². The van der Waals surface area contributed by atoms with Crippen LogP contribution in [0.2, 0.25) is 0 Å². The summed E-state index contributed by atoms with van der Waals surface area (Å²) in [5, 5.41) is 0. The molecule has 1 amide bonds. The normalized spacial score (nSPS) is 15.1. The average Bonchev–Trinajstić information content (AvgIpc) is 1.96. The SMILES string of the molecule is CC(N)OC(=O)N[I-]CO[C@@H](C)N. The van der Waals surface area contributed by atoms with E-state index in [-0.39, 0.29) is 6.23 Å². The van der Waals surface area contributed by atoms with E-state index < -0.39 is 33.8 Å². The van der Waals surface area contributed by atoms with Gasteiger partial charge in [-0.25, -0.2) is 0 Å². The van der Waals surface area contributed by atoms with Gasteiger partial charge in [-0.2, -0.15) is 0 Å². The summed E-state index contributed by atoms with van der Waals surface area (Å²) in [6.45, 7) is 3.31. The van der Waals surface area contributed by atoms with Crippen molar-refractivity contribution in [2.45, 2.75) is 26.3 Å². The van der Waals surface area contributed by atoms with Crippen LogP contribution in [-0.2, 0) is 9.47 Å². The number of hydrogen-bond donors (Lipinski definition) is 3. The maximum atomic E-state index is 10.8. The molecule has 6 nitrogen and oxygen atoms in total. The molecule has 0 heterocycles. The van der Waals surface area contributed by atoms with Gasteiger partial charge in [0.25, 0.3) is 0 Å². The van der Waals surface area contributed by atoms with Crippen LogP contribution in [0.1, 0.15) is 13.8 Å². The summed E-state index contributed by atoms with van der Waals surface area (Å²) in [4.78, 5) is 10.8. The second-order valence-corrected chi connectivity index (χ2v) is 4.24. The molecule has 0 aliphatic heterocycles. The first-order chi connectivity index (χ1) is 6.02. The molecular weight excluding hydrogens is 289 g/mol. The molecule has 0 aromatic heterocycles. The van der Waals surface area contributed by atoms with E-state index in [0.29, 0.717) is 4.61 Å². The molecule has 0 aromatic rings.